The van der Waals surface area contributed by atoms with Crippen LogP contribution in [0, 0.1) is 5.92 Å². The molecule has 1 saturated heterocycles. The highest BCUT2D eigenvalue weighted by Crippen LogP contribution is 2.27. The minimum atomic E-state index is -0.0892. The van der Waals surface area contributed by atoms with Crippen molar-refractivity contribution in [2.75, 3.05) is 47.0 Å². The molecular weight excluding hydrogens is 330 g/mol. The number of likely N-dealkylation sites (N-methyl/N-ethyl adjacent to an activating group) is 1. The van der Waals surface area contributed by atoms with Crippen LogP contribution in [0.3, 0.4) is 0 Å². The van der Waals surface area contributed by atoms with E-state index in [9.17, 15) is 4.79 Å². The number of hydrogen-bond acceptors (Lipinski definition) is 5. The average molecular weight is 355 g/mol. The van der Waals surface area contributed by atoms with Crippen molar-refractivity contribution in [1.82, 2.24) is 15.2 Å². The second kappa shape index (κ2) is 8.78. The second-order valence-corrected chi connectivity index (χ2v) is 6.55. The van der Waals surface area contributed by atoms with Gasteiger partial charge in [-0.05, 0) is 31.3 Å². The van der Waals surface area contributed by atoms with Crippen LogP contribution in [0.15, 0.2) is 42.6 Å². The number of carbonyl (C=O) groups is 1. The van der Waals surface area contributed by atoms with E-state index in [4.69, 9.17) is 9.47 Å². The molecule has 1 aliphatic heterocycles. The molecule has 1 aromatic carbocycles. The quantitative estimate of drug-likeness (QED) is 0.890. The van der Waals surface area contributed by atoms with Crippen LogP contribution >= 0.6 is 0 Å². The number of pyridine rings is 1. The highest BCUT2D eigenvalue weighted by molar-refractivity contribution is 5.95. The van der Waals surface area contributed by atoms with Crippen LogP contribution in [0.5, 0.6) is 5.75 Å². The summed E-state index contributed by atoms with van der Waals surface area (Å²) in [6, 6.07) is 11.1. The van der Waals surface area contributed by atoms with Crippen molar-refractivity contribution in [2.45, 2.75) is 0 Å². The first kappa shape index (κ1) is 18.4. The zero-order chi connectivity index (χ0) is 18.4. The molecule has 0 aliphatic carbocycles. The molecule has 3 rings (SSSR count). The standard InChI is InChI=1S/C20H25N3O3/c1-23-9-10-26-14-15(13-23)12-22-20(24)17-6-3-5-16(11-17)19-18(25-2)7-4-8-21-19/h3-8,11,15H,9-10,12-14H2,1-2H3,(H,22,24)/t15-/m0/s1. The summed E-state index contributed by atoms with van der Waals surface area (Å²) >= 11 is 0. The molecule has 1 aromatic heterocycles. The van der Waals surface area contributed by atoms with E-state index in [1.54, 1.807) is 13.3 Å². The average Bonchev–Trinajstić information content (AvgIpc) is 2.90. The van der Waals surface area contributed by atoms with E-state index in [1.807, 2.05) is 36.4 Å². The number of benzene rings is 1. The van der Waals surface area contributed by atoms with Crippen LogP contribution in [0.1, 0.15) is 10.4 Å². The Balaban J connectivity index is 1.68. The first-order chi connectivity index (χ1) is 12.7. The lowest BCUT2D eigenvalue weighted by atomic mass is 10.1. The molecule has 2 heterocycles. The summed E-state index contributed by atoms with van der Waals surface area (Å²) in [5, 5.41) is 3.03. The van der Waals surface area contributed by atoms with Crippen LogP contribution in [-0.4, -0.2) is 62.8 Å². The van der Waals surface area contributed by atoms with Crippen molar-refractivity contribution in [2.24, 2.45) is 5.92 Å². The van der Waals surface area contributed by atoms with Crippen molar-refractivity contribution in [1.29, 1.82) is 0 Å². The Hall–Kier alpha value is -2.44. The van der Waals surface area contributed by atoms with Crippen LogP contribution in [0.4, 0.5) is 0 Å². The SMILES string of the molecule is COc1cccnc1-c1cccc(C(=O)NC[C@@H]2COCCN(C)C2)c1. The van der Waals surface area contributed by atoms with E-state index in [-0.39, 0.29) is 5.91 Å². The molecule has 1 N–H and O–H groups in total. The lowest BCUT2D eigenvalue weighted by Crippen LogP contribution is -2.35. The van der Waals surface area contributed by atoms with Gasteiger partial charge in [-0.2, -0.15) is 0 Å². The van der Waals surface area contributed by atoms with Crippen molar-refractivity contribution >= 4 is 5.91 Å². The third-order valence-electron chi connectivity index (χ3n) is 4.48. The Morgan fingerprint density at radius 2 is 2.27 bits per heavy atom. The maximum absolute atomic E-state index is 12.6. The molecular formula is C20H25N3O3. The lowest BCUT2D eigenvalue weighted by molar-refractivity contribution is 0.0921. The molecule has 0 radical (unpaired) electrons. The van der Waals surface area contributed by atoms with Gasteiger partial charge >= 0.3 is 0 Å². The molecule has 0 saturated carbocycles. The number of nitrogens with zero attached hydrogens (tertiary/aromatic N) is 2. The number of rotatable bonds is 5. The fourth-order valence-corrected chi connectivity index (χ4v) is 3.10. The topological polar surface area (TPSA) is 63.7 Å². The summed E-state index contributed by atoms with van der Waals surface area (Å²) in [5.41, 5.74) is 2.19. The largest absolute Gasteiger partial charge is 0.494 e. The highest BCUT2D eigenvalue weighted by Gasteiger charge is 2.17. The second-order valence-electron chi connectivity index (χ2n) is 6.55. The van der Waals surface area contributed by atoms with Gasteiger partial charge in [-0.25, -0.2) is 0 Å². The molecule has 0 spiro atoms. The Morgan fingerprint density at radius 1 is 1.38 bits per heavy atom. The van der Waals surface area contributed by atoms with Crippen molar-refractivity contribution in [3.05, 3.63) is 48.2 Å². The first-order valence-electron chi connectivity index (χ1n) is 8.81. The fourth-order valence-electron chi connectivity index (χ4n) is 3.10. The minimum Gasteiger partial charge on any atom is -0.494 e. The number of amides is 1. The summed E-state index contributed by atoms with van der Waals surface area (Å²) in [7, 11) is 3.69. The van der Waals surface area contributed by atoms with Crippen LogP contribution in [0.25, 0.3) is 11.3 Å². The third kappa shape index (κ3) is 4.59. The number of nitrogens with one attached hydrogen (secondary N) is 1. The highest BCUT2D eigenvalue weighted by atomic mass is 16.5. The van der Waals surface area contributed by atoms with Gasteiger partial charge in [0.2, 0.25) is 0 Å². The van der Waals surface area contributed by atoms with E-state index >= 15 is 0 Å². The monoisotopic (exact) mass is 355 g/mol. The molecule has 26 heavy (non-hydrogen) atoms. The molecule has 6 heteroatoms. The van der Waals surface area contributed by atoms with Gasteiger partial charge in [-0.3, -0.25) is 9.78 Å². The predicted octanol–water partition coefficient (Wildman–Crippen LogP) is 2.07. The van der Waals surface area contributed by atoms with Crippen molar-refractivity contribution < 1.29 is 14.3 Å². The maximum Gasteiger partial charge on any atom is 0.251 e. The van der Waals surface area contributed by atoms with Crippen LogP contribution in [0.2, 0.25) is 0 Å². The molecule has 1 atom stereocenters. The van der Waals surface area contributed by atoms with Crippen molar-refractivity contribution in [3.63, 3.8) is 0 Å². The van der Waals surface area contributed by atoms with Crippen molar-refractivity contribution in [3.8, 4) is 17.0 Å². The Bertz CT molecular complexity index is 751. The molecule has 1 amide bonds. The third-order valence-corrected chi connectivity index (χ3v) is 4.48. The fraction of sp³-hybridized carbons (Fsp3) is 0.400. The molecule has 0 unspecified atom stereocenters. The maximum atomic E-state index is 12.6. The zero-order valence-electron chi connectivity index (χ0n) is 15.3. The van der Waals surface area contributed by atoms with E-state index in [2.05, 4.69) is 22.2 Å². The minimum absolute atomic E-state index is 0.0892. The Labute approximate surface area is 154 Å². The lowest BCUT2D eigenvalue weighted by Gasteiger charge is -2.19. The first-order valence-corrected chi connectivity index (χ1v) is 8.81. The van der Waals surface area contributed by atoms with Gasteiger partial charge in [0.05, 0.1) is 20.3 Å². The number of aromatic nitrogens is 1. The number of carbonyl (C=O) groups excluding carboxylic acids is 1. The predicted molar refractivity (Wildman–Crippen MR) is 100 cm³/mol. The van der Waals surface area contributed by atoms with E-state index in [0.717, 1.165) is 31.0 Å². The summed E-state index contributed by atoms with van der Waals surface area (Å²) < 4.78 is 11.0. The van der Waals surface area contributed by atoms with Gasteiger partial charge in [-0.15, -0.1) is 0 Å². The summed E-state index contributed by atoms with van der Waals surface area (Å²) in [5.74, 6) is 0.892. The molecule has 1 fully saturated rings. The van der Waals surface area contributed by atoms with Gasteiger partial charge < -0.3 is 19.7 Å². The van der Waals surface area contributed by atoms with Gasteiger partial charge in [-0.1, -0.05) is 12.1 Å². The van der Waals surface area contributed by atoms with E-state index in [1.165, 1.54) is 0 Å². The molecule has 1 aliphatic rings. The van der Waals surface area contributed by atoms with Gasteiger partial charge in [0.25, 0.3) is 5.91 Å². The van der Waals surface area contributed by atoms with Crippen LogP contribution < -0.4 is 10.1 Å². The van der Waals surface area contributed by atoms with E-state index in [0.29, 0.717) is 30.4 Å². The Kier molecular flexibility index (Phi) is 6.20. The Morgan fingerprint density at radius 3 is 3.12 bits per heavy atom. The van der Waals surface area contributed by atoms with Gasteiger partial charge in [0, 0.05) is 42.9 Å². The molecule has 2 aromatic rings. The smallest absolute Gasteiger partial charge is 0.251 e. The number of hydrogen-bond donors (Lipinski definition) is 1. The summed E-state index contributed by atoms with van der Waals surface area (Å²) in [4.78, 5) is 19.2. The molecule has 138 valence electrons. The van der Waals surface area contributed by atoms with E-state index < -0.39 is 0 Å². The van der Waals surface area contributed by atoms with Gasteiger partial charge in [0.15, 0.2) is 0 Å². The van der Waals surface area contributed by atoms with Crippen LogP contribution in [-0.2, 0) is 4.74 Å². The summed E-state index contributed by atoms with van der Waals surface area (Å²) in [6.07, 6.45) is 1.72. The molecule has 0 bridgehead atoms. The summed E-state index contributed by atoms with van der Waals surface area (Å²) in [6.45, 7) is 3.87. The number of methoxy groups -OCH3 is 1. The zero-order valence-corrected chi connectivity index (χ0v) is 15.3. The van der Waals surface area contributed by atoms with Gasteiger partial charge in [0.1, 0.15) is 11.4 Å². The number of ether oxygens (including phenoxy) is 2. The normalized spacial score (nSPS) is 18.2. The molecule has 6 nitrogen and oxygen atoms in total.